The van der Waals surface area contributed by atoms with Gasteiger partial charge >= 0.3 is 0 Å². The van der Waals surface area contributed by atoms with Crippen molar-refractivity contribution in [3.8, 4) is 0 Å². The van der Waals surface area contributed by atoms with Gasteiger partial charge in [0.05, 0.1) is 5.56 Å². The van der Waals surface area contributed by atoms with Crippen LogP contribution in [-0.4, -0.2) is 17.4 Å². The molecule has 1 heterocycles. The Hall–Kier alpha value is -2.16. The van der Waals surface area contributed by atoms with Crippen molar-refractivity contribution in [2.45, 2.75) is 32.6 Å². The second kappa shape index (κ2) is 6.53. The van der Waals surface area contributed by atoms with E-state index in [1.807, 2.05) is 0 Å². The lowest BCUT2D eigenvalue weighted by Gasteiger charge is -2.19. The van der Waals surface area contributed by atoms with Crippen LogP contribution in [0.15, 0.2) is 48.8 Å². The molecule has 1 N–H and O–H groups in total. The van der Waals surface area contributed by atoms with Crippen LogP contribution < -0.4 is 5.32 Å². The topological polar surface area (TPSA) is 42.0 Å². The largest absolute Gasteiger partial charge is 0.352 e. The van der Waals surface area contributed by atoms with Crippen LogP contribution in [0.25, 0.3) is 0 Å². The highest BCUT2D eigenvalue weighted by Gasteiger charge is 2.12. The van der Waals surface area contributed by atoms with E-state index in [0.29, 0.717) is 12.1 Å². The van der Waals surface area contributed by atoms with E-state index in [4.69, 9.17) is 0 Å². The molecule has 3 nitrogen and oxygen atoms in total. The molecule has 0 spiro atoms. The lowest BCUT2D eigenvalue weighted by Crippen LogP contribution is -2.25. The maximum atomic E-state index is 11.9. The van der Waals surface area contributed by atoms with Crippen LogP contribution in [0, 0.1) is 0 Å². The number of nitrogens with zero attached hydrogens (tertiary/aromatic N) is 1. The van der Waals surface area contributed by atoms with Gasteiger partial charge in [0, 0.05) is 18.9 Å². The Morgan fingerprint density at radius 1 is 1.14 bits per heavy atom. The van der Waals surface area contributed by atoms with Gasteiger partial charge in [0.2, 0.25) is 0 Å². The molecule has 0 fully saturated rings. The van der Waals surface area contributed by atoms with Gasteiger partial charge in [-0.15, -0.1) is 0 Å². The molecule has 3 heteroatoms. The highest BCUT2D eigenvalue weighted by atomic mass is 16.1. The Morgan fingerprint density at radius 3 is 2.43 bits per heavy atom. The van der Waals surface area contributed by atoms with Crippen molar-refractivity contribution < 1.29 is 4.79 Å². The predicted octanol–water partition coefficient (Wildman–Crippen LogP) is 3.35. The molecule has 0 saturated carbocycles. The fraction of sp³-hybridized carbons (Fsp3) is 0.333. The quantitative estimate of drug-likeness (QED) is 0.934. The third-order valence-electron chi connectivity index (χ3n) is 3.44. The lowest BCUT2D eigenvalue weighted by molar-refractivity contribution is 0.0954. The van der Waals surface area contributed by atoms with Gasteiger partial charge in [0.15, 0.2) is 0 Å². The van der Waals surface area contributed by atoms with E-state index < -0.39 is 0 Å². The van der Waals surface area contributed by atoms with E-state index in [0.717, 1.165) is 6.42 Å². The molecule has 0 aliphatic rings. The summed E-state index contributed by atoms with van der Waals surface area (Å²) in [6.45, 7) is 7.24. The van der Waals surface area contributed by atoms with Crippen LogP contribution in [0.2, 0.25) is 0 Å². The Balaban J connectivity index is 1.85. The number of carbonyl (C=O) groups is 1. The summed E-state index contributed by atoms with van der Waals surface area (Å²) in [5, 5.41) is 2.91. The highest BCUT2D eigenvalue weighted by Crippen LogP contribution is 2.22. The molecule has 0 atom stereocenters. The number of pyridine rings is 1. The average Bonchev–Trinajstić information content (AvgIpc) is 2.47. The molecule has 0 radical (unpaired) electrons. The number of hydrogen-bond donors (Lipinski definition) is 1. The van der Waals surface area contributed by atoms with Crippen LogP contribution >= 0.6 is 0 Å². The predicted molar refractivity (Wildman–Crippen MR) is 85.4 cm³/mol. The number of hydrogen-bond acceptors (Lipinski definition) is 2. The number of carbonyl (C=O) groups excluding carboxylic acids is 1. The Labute approximate surface area is 126 Å². The fourth-order valence-corrected chi connectivity index (χ4v) is 2.09. The molecule has 0 bridgehead atoms. The zero-order valence-electron chi connectivity index (χ0n) is 12.9. The number of nitrogens with one attached hydrogen (secondary N) is 1. The SMILES string of the molecule is CC(C)(C)c1ccc(CCNC(=O)c2cccnc2)cc1. The van der Waals surface area contributed by atoms with Gasteiger partial charge in [-0.05, 0) is 35.1 Å². The van der Waals surface area contributed by atoms with Gasteiger partial charge in [-0.3, -0.25) is 9.78 Å². The molecule has 1 aromatic heterocycles. The van der Waals surface area contributed by atoms with Gasteiger partial charge in [-0.2, -0.15) is 0 Å². The van der Waals surface area contributed by atoms with E-state index >= 15 is 0 Å². The molecule has 0 aliphatic carbocycles. The summed E-state index contributed by atoms with van der Waals surface area (Å²) in [6, 6.07) is 12.1. The summed E-state index contributed by atoms with van der Waals surface area (Å²) >= 11 is 0. The standard InChI is InChI=1S/C18H22N2O/c1-18(2,3)16-8-6-14(7-9-16)10-12-20-17(21)15-5-4-11-19-13-15/h4-9,11,13H,10,12H2,1-3H3,(H,20,21). The van der Waals surface area contributed by atoms with Crippen molar-refractivity contribution in [2.75, 3.05) is 6.54 Å². The summed E-state index contributed by atoms with van der Waals surface area (Å²) in [4.78, 5) is 15.8. The summed E-state index contributed by atoms with van der Waals surface area (Å²) in [5.74, 6) is -0.0746. The van der Waals surface area contributed by atoms with Crippen molar-refractivity contribution >= 4 is 5.91 Å². The average molecular weight is 282 g/mol. The lowest BCUT2D eigenvalue weighted by atomic mass is 9.86. The molecular formula is C18H22N2O. The van der Waals surface area contributed by atoms with Crippen LogP contribution in [0.4, 0.5) is 0 Å². The smallest absolute Gasteiger partial charge is 0.252 e. The van der Waals surface area contributed by atoms with Gasteiger partial charge in [-0.1, -0.05) is 45.0 Å². The molecule has 0 aliphatic heterocycles. The first kappa shape index (κ1) is 15.2. The highest BCUT2D eigenvalue weighted by molar-refractivity contribution is 5.93. The Bertz CT molecular complexity index is 583. The second-order valence-corrected chi connectivity index (χ2v) is 6.19. The van der Waals surface area contributed by atoms with Gasteiger partial charge in [-0.25, -0.2) is 0 Å². The molecule has 2 aromatic rings. The first-order chi connectivity index (χ1) is 9.97. The minimum Gasteiger partial charge on any atom is -0.352 e. The monoisotopic (exact) mass is 282 g/mol. The van der Waals surface area contributed by atoms with Gasteiger partial charge in [0.25, 0.3) is 5.91 Å². The minimum absolute atomic E-state index is 0.0746. The number of rotatable bonds is 4. The number of aromatic nitrogens is 1. The fourth-order valence-electron chi connectivity index (χ4n) is 2.09. The minimum atomic E-state index is -0.0746. The number of benzene rings is 1. The van der Waals surface area contributed by atoms with Crippen molar-refractivity contribution in [1.82, 2.24) is 10.3 Å². The molecule has 0 saturated heterocycles. The molecule has 110 valence electrons. The summed E-state index contributed by atoms with van der Waals surface area (Å²) in [5.41, 5.74) is 3.33. The maximum absolute atomic E-state index is 11.9. The Kier molecular flexibility index (Phi) is 4.73. The molecular weight excluding hydrogens is 260 g/mol. The van der Waals surface area contributed by atoms with Gasteiger partial charge in [0.1, 0.15) is 0 Å². The van der Waals surface area contributed by atoms with E-state index in [1.54, 1.807) is 24.5 Å². The summed E-state index contributed by atoms with van der Waals surface area (Å²) in [6.07, 6.45) is 4.07. The number of amides is 1. The van der Waals surface area contributed by atoms with Crippen molar-refractivity contribution in [3.63, 3.8) is 0 Å². The van der Waals surface area contributed by atoms with E-state index in [2.05, 4.69) is 55.3 Å². The van der Waals surface area contributed by atoms with E-state index in [-0.39, 0.29) is 11.3 Å². The summed E-state index contributed by atoms with van der Waals surface area (Å²) < 4.78 is 0. The molecule has 0 unspecified atom stereocenters. The van der Waals surface area contributed by atoms with Crippen LogP contribution in [0.3, 0.4) is 0 Å². The molecule has 1 aromatic carbocycles. The van der Waals surface area contributed by atoms with Crippen LogP contribution in [0.1, 0.15) is 42.3 Å². The van der Waals surface area contributed by atoms with Crippen molar-refractivity contribution in [3.05, 3.63) is 65.5 Å². The maximum Gasteiger partial charge on any atom is 0.252 e. The first-order valence-electron chi connectivity index (χ1n) is 7.24. The first-order valence-corrected chi connectivity index (χ1v) is 7.24. The van der Waals surface area contributed by atoms with E-state index in [9.17, 15) is 4.79 Å². The van der Waals surface area contributed by atoms with Gasteiger partial charge < -0.3 is 5.32 Å². The third kappa shape index (κ3) is 4.42. The normalized spacial score (nSPS) is 11.2. The second-order valence-electron chi connectivity index (χ2n) is 6.19. The molecule has 21 heavy (non-hydrogen) atoms. The van der Waals surface area contributed by atoms with Crippen molar-refractivity contribution in [1.29, 1.82) is 0 Å². The summed E-state index contributed by atoms with van der Waals surface area (Å²) in [7, 11) is 0. The zero-order valence-corrected chi connectivity index (χ0v) is 12.9. The third-order valence-corrected chi connectivity index (χ3v) is 3.44. The van der Waals surface area contributed by atoms with E-state index in [1.165, 1.54) is 11.1 Å². The molecule has 1 amide bonds. The molecule has 2 rings (SSSR count). The Morgan fingerprint density at radius 2 is 1.86 bits per heavy atom. The zero-order chi connectivity index (χ0) is 15.3. The van der Waals surface area contributed by atoms with Crippen LogP contribution in [0.5, 0.6) is 0 Å². The van der Waals surface area contributed by atoms with Crippen LogP contribution in [-0.2, 0) is 11.8 Å². The van der Waals surface area contributed by atoms with Crippen molar-refractivity contribution in [2.24, 2.45) is 0 Å².